The molecule has 10 nitrogen and oxygen atoms in total. The normalized spacial score (nSPS) is 12.1. The average molecular weight is 423 g/mol. The van der Waals surface area contributed by atoms with Gasteiger partial charge in [0.1, 0.15) is 11.4 Å². The van der Waals surface area contributed by atoms with Crippen molar-refractivity contribution in [1.82, 2.24) is 34.7 Å². The Morgan fingerprint density at radius 2 is 2.20 bits per heavy atom. The van der Waals surface area contributed by atoms with E-state index in [0.717, 1.165) is 22.3 Å². The number of aryl methyl sites for hydroxylation is 2. The lowest BCUT2D eigenvalue weighted by Gasteiger charge is -2.07. The van der Waals surface area contributed by atoms with Crippen molar-refractivity contribution in [2.75, 3.05) is 12.4 Å². The zero-order valence-electron chi connectivity index (χ0n) is 16.1. The van der Waals surface area contributed by atoms with Crippen molar-refractivity contribution in [2.24, 2.45) is 10.7 Å². The Balaban J connectivity index is 1.55. The third-order valence-corrected chi connectivity index (χ3v) is 4.54. The molecule has 0 fully saturated rings. The summed E-state index contributed by atoms with van der Waals surface area (Å²) in [5, 5.41) is 16.4. The van der Waals surface area contributed by atoms with E-state index >= 15 is 0 Å². The second kappa shape index (κ2) is 8.70. The standard InChI is InChI=1S/C19H19ClN10/c1-22-18(4-6-21)26-19-23-7-5-15(25-19)13-2-3-17-16(10-13)27-28-30(17)9-8-29-12-14(20)11-24-29/h2-7,10-12H,8-9,21H2,1H3,(H,22,23,25,26). The van der Waals surface area contributed by atoms with Crippen LogP contribution in [0.25, 0.3) is 22.3 Å². The number of amidine groups is 1. The Labute approximate surface area is 177 Å². The number of hydrogen-bond acceptors (Lipinski definition) is 7. The Morgan fingerprint density at radius 3 is 2.97 bits per heavy atom. The summed E-state index contributed by atoms with van der Waals surface area (Å²) in [7, 11) is 1.66. The molecule has 4 aromatic rings. The molecule has 0 radical (unpaired) electrons. The molecule has 4 rings (SSSR count). The first-order valence-electron chi connectivity index (χ1n) is 9.13. The van der Waals surface area contributed by atoms with Gasteiger partial charge in [-0.3, -0.25) is 9.67 Å². The number of benzene rings is 1. The molecule has 0 aliphatic carbocycles. The van der Waals surface area contributed by atoms with Crippen LogP contribution in [0.5, 0.6) is 0 Å². The van der Waals surface area contributed by atoms with Crippen LogP contribution in [0.15, 0.2) is 60.1 Å². The van der Waals surface area contributed by atoms with Gasteiger partial charge < -0.3 is 11.1 Å². The van der Waals surface area contributed by atoms with Gasteiger partial charge in [-0.2, -0.15) is 5.10 Å². The van der Waals surface area contributed by atoms with Crippen molar-refractivity contribution < 1.29 is 0 Å². The maximum absolute atomic E-state index is 5.91. The first-order valence-corrected chi connectivity index (χ1v) is 9.51. The molecule has 0 spiro atoms. The smallest absolute Gasteiger partial charge is 0.228 e. The molecule has 152 valence electrons. The number of rotatable bonds is 6. The van der Waals surface area contributed by atoms with E-state index in [4.69, 9.17) is 17.3 Å². The molecule has 30 heavy (non-hydrogen) atoms. The molecule has 0 unspecified atom stereocenters. The van der Waals surface area contributed by atoms with Crippen LogP contribution in [0.3, 0.4) is 0 Å². The Morgan fingerprint density at radius 1 is 1.30 bits per heavy atom. The highest BCUT2D eigenvalue weighted by Crippen LogP contribution is 2.22. The van der Waals surface area contributed by atoms with Crippen LogP contribution >= 0.6 is 11.6 Å². The van der Waals surface area contributed by atoms with Gasteiger partial charge in [-0.25, -0.2) is 14.6 Å². The number of fused-ring (bicyclic) bond motifs is 1. The number of halogens is 1. The first kappa shape index (κ1) is 19.5. The summed E-state index contributed by atoms with van der Waals surface area (Å²) in [5.41, 5.74) is 8.79. The molecular formula is C19H19ClN10. The Hall–Kier alpha value is -3.79. The first-order chi connectivity index (χ1) is 14.7. The molecule has 0 atom stereocenters. The molecule has 0 saturated carbocycles. The number of aliphatic imine (C=N–C) groups is 1. The fraction of sp³-hybridized carbons (Fsp3) is 0.158. The molecule has 3 aromatic heterocycles. The van der Waals surface area contributed by atoms with Crippen molar-refractivity contribution >= 4 is 34.4 Å². The minimum atomic E-state index is 0.424. The molecular weight excluding hydrogens is 404 g/mol. The van der Waals surface area contributed by atoms with Crippen molar-refractivity contribution in [3.63, 3.8) is 0 Å². The molecule has 0 saturated heterocycles. The maximum atomic E-state index is 5.91. The van der Waals surface area contributed by atoms with Gasteiger partial charge in [0.2, 0.25) is 5.95 Å². The highest BCUT2D eigenvalue weighted by Gasteiger charge is 2.09. The summed E-state index contributed by atoms with van der Waals surface area (Å²) in [6, 6.07) is 7.74. The third kappa shape index (κ3) is 4.28. The predicted octanol–water partition coefficient (Wildman–Crippen LogP) is 2.35. The highest BCUT2D eigenvalue weighted by molar-refractivity contribution is 6.30. The minimum absolute atomic E-state index is 0.424. The molecule has 1 aromatic carbocycles. The van der Waals surface area contributed by atoms with Crippen LogP contribution in [-0.2, 0) is 13.1 Å². The topological polar surface area (TPSA) is 125 Å². The lowest BCUT2D eigenvalue weighted by molar-refractivity contribution is 0.499. The lowest BCUT2D eigenvalue weighted by Crippen LogP contribution is -2.12. The molecule has 3 heterocycles. The fourth-order valence-electron chi connectivity index (χ4n) is 2.91. The summed E-state index contributed by atoms with van der Waals surface area (Å²) in [4.78, 5) is 12.9. The minimum Gasteiger partial charge on any atom is -0.404 e. The SMILES string of the molecule is CN=C(C=CN)Nc1nccc(-c2ccc3c(c2)nnn3CCn2cc(Cl)cn2)n1. The highest BCUT2D eigenvalue weighted by atomic mass is 35.5. The van der Waals surface area contributed by atoms with Gasteiger partial charge in [0, 0.05) is 25.0 Å². The van der Waals surface area contributed by atoms with E-state index in [2.05, 4.69) is 35.7 Å². The fourth-order valence-corrected chi connectivity index (χ4v) is 3.07. The lowest BCUT2D eigenvalue weighted by atomic mass is 10.1. The summed E-state index contributed by atoms with van der Waals surface area (Å²) >= 11 is 5.91. The van der Waals surface area contributed by atoms with E-state index in [0.29, 0.717) is 29.9 Å². The number of aromatic nitrogens is 7. The van der Waals surface area contributed by atoms with Crippen molar-refractivity contribution in [2.45, 2.75) is 13.1 Å². The molecule has 0 amide bonds. The van der Waals surface area contributed by atoms with Crippen LogP contribution in [0.2, 0.25) is 5.02 Å². The van der Waals surface area contributed by atoms with E-state index in [9.17, 15) is 0 Å². The van der Waals surface area contributed by atoms with Crippen LogP contribution < -0.4 is 11.1 Å². The largest absolute Gasteiger partial charge is 0.404 e. The van der Waals surface area contributed by atoms with Gasteiger partial charge in [-0.1, -0.05) is 22.9 Å². The number of nitrogens with zero attached hydrogens (tertiary/aromatic N) is 8. The zero-order chi connectivity index (χ0) is 20.9. The van der Waals surface area contributed by atoms with Gasteiger partial charge in [0.25, 0.3) is 0 Å². The zero-order valence-corrected chi connectivity index (χ0v) is 16.9. The van der Waals surface area contributed by atoms with Crippen molar-refractivity contribution in [3.8, 4) is 11.3 Å². The number of anilines is 1. The summed E-state index contributed by atoms with van der Waals surface area (Å²) < 4.78 is 3.61. The van der Waals surface area contributed by atoms with Crippen LogP contribution in [0, 0.1) is 0 Å². The molecule has 0 aliphatic rings. The number of nitrogens with two attached hydrogens (primary N) is 1. The molecule has 0 aliphatic heterocycles. The summed E-state index contributed by atoms with van der Waals surface area (Å²) in [6.45, 7) is 1.27. The van der Waals surface area contributed by atoms with Gasteiger partial charge >= 0.3 is 0 Å². The second-order valence-electron chi connectivity index (χ2n) is 6.30. The van der Waals surface area contributed by atoms with E-state index < -0.39 is 0 Å². The van der Waals surface area contributed by atoms with E-state index in [1.165, 1.54) is 6.20 Å². The second-order valence-corrected chi connectivity index (χ2v) is 6.73. The van der Waals surface area contributed by atoms with Crippen LogP contribution in [-0.4, -0.2) is 47.6 Å². The van der Waals surface area contributed by atoms with E-state index in [1.807, 2.05) is 28.9 Å². The molecule has 11 heteroatoms. The van der Waals surface area contributed by atoms with Crippen molar-refractivity contribution in [3.05, 3.63) is 60.2 Å². The van der Waals surface area contributed by atoms with Gasteiger partial charge in [0.15, 0.2) is 0 Å². The monoisotopic (exact) mass is 422 g/mol. The Kier molecular flexibility index (Phi) is 5.66. The molecule has 3 N–H and O–H groups in total. The van der Waals surface area contributed by atoms with Crippen molar-refractivity contribution in [1.29, 1.82) is 0 Å². The summed E-state index contributed by atoms with van der Waals surface area (Å²) in [6.07, 6.45) is 8.10. The van der Waals surface area contributed by atoms with Gasteiger partial charge in [-0.15, -0.1) is 5.10 Å². The van der Waals surface area contributed by atoms with E-state index in [1.54, 1.807) is 36.4 Å². The predicted molar refractivity (Wildman–Crippen MR) is 116 cm³/mol. The third-order valence-electron chi connectivity index (χ3n) is 4.34. The number of nitrogens with one attached hydrogen (secondary N) is 1. The quantitative estimate of drug-likeness (QED) is 0.361. The van der Waals surface area contributed by atoms with Gasteiger partial charge in [-0.05, 0) is 30.5 Å². The molecule has 0 bridgehead atoms. The van der Waals surface area contributed by atoms with Gasteiger partial charge in [0.05, 0.1) is 35.5 Å². The van der Waals surface area contributed by atoms with Crippen LogP contribution in [0.4, 0.5) is 5.95 Å². The average Bonchev–Trinajstić information content (AvgIpc) is 3.37. The van der Waals surface area contributed by atoms with E-state index in [-0.39, 0.29) is 0 Å². The maximum Gasteiger partial charge on any atom is 0.228 e. The Bertz CT molecular complexity index is 1220. The number of hydrogen-bond donors (Lipinski definition) is 2. The van der Waals surface area contributed by atoms with Crippen LogP contribution in [0.1, 0.15) is 0 Å². The summed E-state index contributed by atoms with van der Waals surface area (Å²) in [5.74, 6) is 0.986.